The maximum absolute atomic E-state index is 13.6. The quantitative estimate of drug-likeness (QED) is 0.281. The van der Waals surface area contributed by atoms with Gasteiger partial charge >= 0.3 is 11.9 Å². The number of benzene rings is 1. The molecule has 0 aliphatic carbocycles. The van der Waals surface area contributed by atoms with Crippen LogP contribution in [0.25, 0.3) is 0 Å². The van der Waals surface area contributed by atoms with Gasteiger partial charge in [0.2, 0.25) is 5.91 Å². The summed E-state index contributed by atoms with van der Waals surface area (Å²) in [5.41, 5.74) is 2.19. The zero-order chi connectivity index (χ0) is 29.5. The van der Waals surface area contributed by atoms with E-state index in [2.05, 4.69) is 0 Å². The molecule has 1 amide bonds. The second kappa shape index (κ2) is 13.9. The second-order valence-electron chi connectivity index (χ2n) is 9.74. The monoisotopic (exact) mass is 587 g/mol. The molecule has 4 rings (SSSR count). The Kier molecular flexibility index (Phi) is 10.3. The minimum atomic E-state index is -0.690. The summed E-state index contributed by atoms with van der Waals surface area (Å²) in [6, 6.07) is 4.69. The Morgan fingerprint density at radius 1 is 1.10 bits per heavy atom. The van der Waals surface area contributed by atoms with Crippen molar-refractivity contribution in [2.75, 3.05) is 54.2 Å². The molecule has 12 heteroatoms. The fourth-order valence-corrected chi connectivity index (χ4v) is 6.16. The number of aliphatic imine (C=N–C) groups is 1. The van der Waals surface area contributed by atoms with Gasteiger partial charge in [0.15, 0.2) is 5.17 Å². The van der Waals surface area contributed by atoms with Crippen molar-refractivity contribution >= 4 is 34.8 Å². The predicted octanol–water partition coefficient (Wildman–Crippen LogP) is 3.66. The molecule has 222 valence electrons. The van der Waals surface area contributed by atoms with Crippen molar-refractivity contribution in [2.24, 2.45) is 10.9 Å². The van der Waals surface area contributed by atoms with E-state index in [0.29, 0.717) is 65.3 Å². The van der Waals surface area contributed by atoms with Gasteiger partial charge < -0.3 is 33.5 Å². The highest BCUT2D eigenvalue weighted by Crippen LogP contribution is 2.47. The van der Waals surface area contributed by atoms with Gasteiger partial charge in [0.05, 0.1) is 57.1 Å². The number of allylic oxidation sites excluding steroid dienone is 1. The lowest BCUT2D eigenvalue weighted by molar-refractivity contribution is -0.151. The zero-order valence-electron chi connectivity index (χ0n) is 24.1. The molecule has 0 radical (unpaired) electrons. The molecule has 1 saturated heterocycles. The van der Waals surface area contributed by atoms with E-state index in [0.717, 1.165) is 6.42 Å². The maximum Gasteiger partial charge on any atom is 0.338 e. The first-order valence-electron chi connectivity index (χ1n) is 13.6. The number of rotatable bonds is 11. The third-order valence-corrected chi connectivity index (χ3v) is 8.09. The zero-order valence-corrected chi connectivity index (χ0v) is 25.0. The third kappa shape index (κ3) is 6.70. The molecule has 0 aromatic heterocycles. The Morgan fingerprint density at radius 2 is 1.90 bits per heavy atom. The number of nitrogens with zero attached hydrogens (tertiary/aromatic N) is 3. The van der Waals surface area contributed by atoms with Crippen molar-refractivity contribution in [3.63, 3.8) is 0 Å². The molecule has 1 fully saturated rings. The fourth-order valence-electron chi connectivity index (χ4n) is 5.20. The van der Waals surface area contributed by atoms with Gasteiger partial charge in [-0.15, -0.1) is 0 Å². The lowest BCUT2D eigenvalue weighted by Crippen LogP contribution is -2.44. The minimum absolute atomic E-state index is 0.0649. The molecule has 0 spiro atoms. The van der Waals surface area contributed by atoms with Crippen LogP contribution in [0.15, 0.2) is 45.6 Å². The van der Waals surface area contributed by atoms with Gasteiger partial charge in [0.1, 0.15) is 18.1 Å². The van der Waals surface area contributed by atoms with Crippen molar-refractivity contribution in [1.82, 2.24) is 9.80 Å². The summed E-state index contributed by atoms with van der Waals surface area (Å²) in [5, 5.41) is 2.52. The third-order valence-electron chi connectivity index (χ3n) is 7.20. The SMILES string of the molecule is CCOC(=O)C1CCCN(C(=O)CC2=CSC3=NC(C)=C(C(=O)OCCOC)C(c4cc(OC)ccc4OC)N23)C1. The van der Waals surface area contributed by atoms with Crippen molar-refractivity contribution < 1.29 is 38.1 Å². The molecule has 0 bridgehead atoms. The Morgan fingerprint density at radius 3 is 2.61 bits per heavy atom. The first kappa shape index (κ1) is 30.4. The number of amidine groups is 1. The lowest BCUT2D eigenvalue weighted by atomic mass is 9.92. The largest absolute Gasteiger partial charge is 0.497 e. The van der Waals surface area contributed by atoms with Gasteiger partial charge in [0.25, 0.3) is 0 Å². The van der Waals surface area contributed by atoms with E-state index in [-0.39, 0.29) is 37.4 Å². The number of amides is 1. The molecule has 1 aromatic carbocycles. The van der Waals surface area contributed by atoms with Crippen LogP contribution < -0.4 is 9.47 Å². The molecule has 3 heterocycles. The van der Waals surface area contributed by atoms with Crippen molar-refractivity contribution in [1.29, 1.82) is 0 Å². The number of thioether (sulfide) groups is 1. The maximum atomic E-state index is 13.6. The summed E-state index contributed by atoms with van der Waals surface area (Å²) < 4.78 is 27.0. The molecule has 11 nitrogen and oxygen atoms in total. The highest BCUT2D eigenvalue weighted by atomic mass is 32.2. The van der Waals surface area contributed by atoms with E-state index in [4.69, 9.17) is 28.7 Å². The van der Waals surface area contributed by atoms with E-state index in [1.807, 2.05) is 16.4 Å². The number of likely N-dealkylation sites (tertiary alicyclic amines) is 1. The Bertz CT molecular complexity index is 1260. The molecular weight excluding hydrogens is 550 g/mol. The van der Waals surface area contributed by atoms with Crippen molar-refractivity contribution in [3.8, 4) is 11.5 Å². The smallest absolute Gasteiger partial charge is 0.338 e. The van der Waals surface area contributed by atoms with Gasteiger partial charge in [-0.1, -0.05) is 11.8 Å². The van der Waals surface area contributed by atoms with Gasteiger partial charge in [-0.25, -0.2) is 9.79 Å². The van der Waals surface area contributed by atoms with Gasteiger partial charge in [-0.3, -0.25) is 9.59 Å². The molecule has 3 aliphatic rings. The highest BCUT2D eigenvalue weighted by molar-refractivity contribution is 8.16. The van der Waals surface area contributed by atoms with Crippen LogP contribution >= 0.6 is 11.8 Å². The van der Waals surface area contributed by atoms with Crippen molar-refractivity contribution in [2.45, 2.75) is 39.2 Å². The van der Waals surface area contributed by atoms with Crippen LogP contribution in [-0.4, -0.2) is 87.1 Å². The number of hydrogen-bond acceptors (Lipinski definition) is 11. The topological polar surface area (TPSA) is 116 Å². The molecule has 2 atom stereocenters. The summed E-state index contributed by atoms with van der Waals surface area (Å²) in [4.78, 5) is 47.8. The van der Waals surface area contributed by atoms with E-state index >= 15 is 0 Å². The van der Waals surface area contributed by atoms with Crippen LogP contribution in [0.3, 0.4) is 0 Å². The number of carbonyl (C=O) groups excluding carboxylic acids is 3. The summed E-state index contributed by atoms with van der Waals surface area (Å²) >= 11 is 1.39. The predicted molar refractivity (Wildman–Crippen MR) is 153 cm³/mol. The van der Waals surface area contributed by atoms with Crippen LogP contribution in [0.5, 0.6) is 11.5 Å². The molecule has 0 N–H and O–H groups in total. The molecular formula is C29H37N3O8S. The molecule has 0 saturated carbocycles. The number of piperidine rings is 1. The average molecular weight is 588 g/mol. The second-order valence-corrected chi connectivity index (χ2v) is 10.6. The Labute approximate surface area is 244 Å². The van der Waals surface area contributed by atoms with Crippen molar-refractivity contribution in [3.05, 3.63) is 46.1 Å². The molecule has 1 aromatic rings. The van der Waals surface area contributed by atoms with Crippen LogP contribution in [0, 0.1) is 5.92 Å². The van der Waals surface area contributed by atoms with E-state index in [1.54, 1.807) is 45.1 Å². The van der Waals surface area contributed by atoms with Crippen LogP contribution in [0.1, 0.15) is 44.7 Å². The number of fused-ring (bicyclic) bond motifs is 1. The summed E-state index contributed by atoms with van der Waals surface area (Å²) in [7, 11) is 4.66. The molecule has 3 aliphatic heterocycles. The minimum Gasteiger partial charge on any atom is -0.497 e. The Balaban J connectivity index is 1.67. The summed E-state index contributed by atoms with van der Waals surface area (Å²) in [5.74, 6) is -0.121. The van der Waals surface area contributed by atoms with E-state index in [1.165, 1.54) is 18.9 Å². The van der Waals surface area contributed by atoms with Crippen LogP contribution in [0.4, 0.5) is 0 Å². The summed E-state index contributed by atoms with van der Waals surface area (Å²) in [6.07, 6.45) is 1.48. The summed E-state index contributed by atoms with van der Waals surface area (Å²) in [6.45, 7) is 5.07. The Hall–Kier alpha value is -3.51. The lowest BCUT2D eigenvalue weighted by Gasteiger charge is -2.37. The normalized spacial score (nSPS) is 20.2. The first-order chi connectivity index (χ1) is 19.8. The van der Waals surface area contributed by atoms with E-state index < -0.39 is 12.0 Å². The number of hydrogen-bond donors (Lipinski definition) is 0. The standard InChI is InChI=1S/C29H37N3O8S/c1-6-39-27(34)19-8-7-11-31(16-19)24(33)14-20-17-41-29-30-18(2)25(28(35)40-13-12-36-3)26(32(20)29)22-15-21(37-4)9-10-23(22)38-5/h9-10,15,17,19,26H,6-8,11-14,16H2,1-5H3. The number of carbonyl (C=O) groups is 3. The number of ether oxygens (including phenoxy) is 5. The fraction of sp³-hybridized carbons (Fsp3) is 0.517. The van der Waals surface area contributed by atoms with Gasteiger partial charge in [-0.2, -0.15) is 0 Å². The van der Waals surface area contributed by atoms with Gasteiger partial charge in [0, 0.05) is 31.5 Å². The average Bonchev–Trinajstić information content (AvgIpc) is 3.37. The van der Waals surface area contributed by atoms with E-state index in [9.17, 15) is 14.4 Å². The van der Waals surface area contributed by atoms with Crippen LogP contribution in [-0.2, 0) is 28.6 Å². The number of methoxy groups -OCH3 is 3. The number of esters is 2. The molecule has 2 unspecified atom stereocenters. The highest BCUT2D eigenvalue weighted by Gasteiger charge is 2.43. The first-order valence-corrected chi connectivity index (χ1v) is 14.5. The molecule has 41 heavy (non-hydrogen) atoms. The van der Waals surface area contributed by atoms with Crippen LogP contribution in [0.2, 0.25) is 0 Å². The van der Waals surface area contributed by atoms with Gasteiger partial charge in [-0.05, 0) is 50.3 Å².